The van der Waals surface area contributed by atoms with E-state index in [4.69, 9.17) is 0 Å². The van der Waals surface area contributed by atoms with Crippen molar-refractivity contribution in [2.24, 2.45) is 0 Å². The van der Waals surface area contributed by atoms with Crippen LogP contribution in [0.4, 0.5) is 11.5 Å². The molecular formula is C39H44N8O7. The first kappa shape index (κ1) is 36.8. The molecule has 4 amide bonds. The lowest BCUT2D eigenvalue weighted by Crippen LogP contribution is -2.57. The molecule has 1 aliphatic carbocycles. The lowest BCUT2D eigenvalue weighted by atomic mass is 9.92. The number of unbranched alkanes of at least 4 members (excludes halogenated alkanes) is 1. The molecule has 3 aliphatic heterocycles. The zero-order valence-electron chi connectivity index (χ0n) is 30.0. The average molecular weight is 737 g/mol. The molecule has 4 aliphatic rings. The molecule has 4 N–H and O–H groups in total. The highest BCUT2D eigenvalue weighted by Crippen LogP contribution is 2.33. The van der Waals surface area contributed by atoms with Gasteiger partial charge in [-0.1, -0.05) is 30.3 Å². The van der Waals surface area contributed by atoms with Crippen LogP contribution < -0.4 is 16.0 Å². The second-order valence-electron chi connectivity index (χ2n) is 14.4. The summed E-state index contributed by atoms with van der Waals surface area (Å²) in [5.74, 6) is -1.55. The number of anilines is 2. The number of Topliss-reactive ketones (excluding diaryl/α,β-unsaturated/α-hetero) is 2. The normalized spacial score (nSPS) is 19.2. The number of benzene rings is 2. The molecule has 54 heavy (non-hydrogen) atoms. The molecule has 0 spiro atoms. The topological polar surface area (TPSA) is 194 Å². The summed E-state index contributed by atoms with van der Waals surface area (Å²) in [4.78, 5) is 89.4. The fraction of sp³-hybridized carbons (Fsp3) is 0.436. The minimum atomic E-state index is -0.921. The fourth-order valence-electron chi connectivity index (χ4n) is 7.57. The number of aliphatic hydroxyl groups excluding tert-OH is 1. The summed E-state index contributed by atoms with van der Waals surface area (Å²) >= 11 is 0. The van der Waals surface area contributed by atoms with Crippen LogP contribution in [-0.4, -0.2) is 122 Å². The zero-order valence-corrected chi connectivity index (χ0v) is 30.0. The van der Waals surface area contributed by atoms with E-state index >= 15 is 0 Å². The number of β-amino-alcohol motifs (C(OH)–C–C–N with tert-alkyl or cyclic N) is 1. The maximum absolute atomic E-state index is 13.3. The van der Waals surface area contributed by atoms with Crippen molar-refractivity contribution in [1.29, 1.82) is 0 Å². The second-order valence-corrected chi connectivity index (χ2v) is 14.4. The van der Waals surface area contributed by atoms with Crippen molar-refractivity contribution in [3.8, 4) is 0 Å². The van der Waals surface area contributed by atoms with Crippen molar-refractivity contribution in [2.75, 3.05) is 49.9 Å². The van der Waals surface area contributed by atoms with Gasteiger partial charge in [0.2, 0.25) is 5.91 Å². The standard InChI is InChI=1S/C39H44N8O7/c48-27-11-12-32(33(50)16-27)47-38(53)29-8-5-9-30(36(29)39(47)54)40-14-4-3-10-35(51)46-20-26(21-46)44-34-17-31(42-23-43-34)37(52)41-18-28(49)22-45-15-13-24-6-1-2-7-25(24)19-45/h1-2,5-9,17,23,26,28,32,40,49H,3-4,10-16,18-22H2,(H,41,52)(H,42,43,44)/t28-,32?/m0/s1. The number of aromatic nitrogens is 2. The molecule has 4 heterocycles. The molecule has 282 valence electrons. The summed E-state index contributed by atoms with van der Waals surface area (Å²) in [5, 5.41) is 19.8. The van der Waals surface area contributed by atoms with Crippen molar-refractivity contribution in [2.45, 2.75) is 69.7 Å². The molecule has 0 bridgehead atoms. The number of rotatable bonds is 14. The number of ketones is 2. The Labute approximate surface area is 312 Å². The van der Waals surface area contributed by atoms with Gasteiger partial charge < -0.3 is 26.0 Å². The number of carbonyl (C=O) groups is 6. The highest BCUT2D eigenvalue weighted by molar-refractivity contribution is 6.25. The lowest BCUT2D eigenvalue weighted by molar-refractivity contribution is -0.135. The Hall–Kier alpha value is -5.54. The number of likely N-dealkylation sites (tertiary alicyclic amines) is 1. The molecule has 1 aromatic heterocycles. The van der Waals surface area contributed by atoms with Gasteiger partial charge in [0, 0.05) is 70.4 Å². The molecule has 3 aromatic rings. The van der Waals surface area contributed by atoms with Crippen LogP contribution in [0.5, 0.6) is 0 Å². The van der Waals surface area contributed by atoms with Gasteiger partial charge in [-0.05, 0) is 48.9 Å². The number of fused-ring (bicyclic) bond motifs is 2. The van der Waals surface area contributed by atoms with Gasteiger partial charge in [-0.15, -0.1) is 0 Å². The molecule has 0 radical (unpaired) electrons. The molecular weight excluding hydrogens is 692 g/mol. The summed E-state index contributed by atoms with van der Waals surface area (Å²) in [5.41, 5.74) is 3.75. The Kier molecular flexibility index (Phi) is 11.1. The van der Waals surface area contributed by atoms with Crippen LogP contribution in [0.3, 0.4) is 0 Å². The molecule has 2 atom stereocenters. The maximum Gasteiger partial charge on any atom is 0.270 e. The van der Waals surface area contributed by atoms with Gasteiger partial charge in [0.1, 0.15) is 23.6 Å². The molecule has 15 nitrogen and oxygen atoms in total. The third kappa shape index (κ3) is 8.16. The Bertz CT molecular complexity index is 1960. The summed E-state index contributed by atoms with van der Waals surface area (Å²) in [6.45, 7) is 3.65. The van der Waals surface area contributed by atoms with Gasteiger partial charge in [0.25, 0.3) is 17.7 Å². The van der Waals surface area contributed by atoms with E-state index in [1.54, 1.807) is 29.2 Å². The molecule has 2 aromatic carbocycles. The minimum Gasteiger partial charge on any atom is -0.390 e. The molecule has 1 saturated heterocycles. The fourth-order valence-corrected chi connectivity index (χ4v) is 7.57. The first-order chi connectivity index (χ1) is 26.1. The second kappa shape index (κ2) is 16.2. The van der Waals surface area contributed by atoms with Crippen LogP contribution >= 0.6 is 0 Å². The van der Waals surface area contributed by atoms with Gasteiger partial charge in [-0.25, -0.2) is 9.97 Å². The van der Waals surface area contributed by atoms with Crippen LogP contribution in [-0.2, 0) is 27.3 Å². The molecule has 15 heteroatoms. The number of hydrogen-bond donors (Lipinski definition) is 4. The van der Waals surface area contributed by atoms with Gasteiger partial charge in [0.15, 0.2) is 5.78 Å². The van der Waals surface area contributed by atoms with Crippen LogP contribution in [0.25, 0.3) is 0 Å². The van der Waals surface area contributed by atoms with Gasteiger partial charge in [0.05, 0.1) is 35.7 Å². The summed E-state index contributed by atoms with van der Waals surface area (Å²) in [6.07, 6.45) is 3.18. The van der Waals surface area contributed by atoms with E-state index in [0.717, 1.165) is 24.4 Å². The Morgan fingerprint density at radius 3 is 2.57 bits per heavy atom. The number of carbonyl (C=O) groups excluding carboxylic acids is 6. The van der Waals surface area contributed by atoms with E-state index < -0.39 is 35.7 Å². The first-order valence-electron chi connectivity index (χ1n) is 18.6. The number of nitrogens with one attached hydrogen (secondary N) is 3. The quantitative estimate of drug-likeness (QED) is 0.107. The first-order valence-corrected chi connectivity index (χ1v) is 18.6. The molecule has 1 unspecified atom stereocenters. The number of amides is 4. The molecule has 1 saturated carbocycles. The van der Waals surface area contributed by atoms with E-state index in [1.165, 1.54) is 17.5 Å². The smallest absolute Gasteiger partial charge is 0.270 e. The highest BCUT2D eigenvalue weighted by atomic mass is 16.3. The lowest BCUT2D eigenvalue weighted by Gasteiger charge is -2.40. The number of nitrogens with zero attached hydrogens (tertiary/aromatic N) is 5. The zero-order chi connectivity index (χ0) is 37.8. The van der Waals surface area contributed by atoms with E-state index in [-0.39, 0.29) is 60.4 Å². The Balaban J connectivity index is 0.796. The van der Waals surface area contributed by atoms with E-state index in [1.807, 2.05) is 12.1 Å². The Morgan fingerprint density at radius 1 is 0.944 bits per heavy atom. The predicted molar refractivity (Wildman–Crippen MR) is 197 cm³/mol. The summed E-state index contributed by atoms with van der Waals surface area (Å²) < 4.78 is 0. The summed E-state index contributed by atoms with van der Waals surface area (Å²) in [6, 6.07) is 13.9. The van der Waals surface area contributed by atoms with Gasteiger partial charge in [-0.3, -0.25) is 38.6 Å². The van der Waals surface area contributed by atoms with Crippen LogP contribution in [0.1, 0.15) is 80.9 Å². The van der Waals surface area contributed by atoms with Crippen molar-refractivity contribution in [3.63, 3.8) is 0 Å². The third-order valence-electron chi connectivity index (χ3n) is 10.5. The van der Waals surface area contributed by atoms with Crippen molar-refractivity contribution in [3.05, 3.63) is 82.8 Å². The van der Waals surface area contributed by atoms with Gasteiger partial charge in [-0.2, -0.15) is 0 Å². The van der Waals surface area contributed by atoms with Crippen LogP contribution in [0.2, 0.25) is 0 Å². The van der Waals surface area contributed by atoms with E-state index in [0.29, 0.717) is 56.9 Å². The van der Waals surface area contributed by atoms with Crippen molar-refractivity contribution < 1.29 is 33.9 Å². The van der Waals surface area contributed by atoms with Crippen LogP contribution in [0, 0.1) is 0 Å². The Morgan fingerprint density at radius 2 is 1.76 bits per heavy atom. The SMILES string of the molecule is O=C1CCC(N2C(=O)c3cccc(NCCCCC(=O)N4CC(Nc5cc(C(=O)NC[C@H](O)CN6CCc7ccccc7C6)ncn5)C4)c3C2=O)C(=O)C1. The highest BCUT2D eigenvalue weighted by Gasteiger charge is 2.45. The van der Waals surface area contributed by atoms with E-state index in [2.05, 4.69) is 43.0 Å². The molecule has 7 rings (SSSR count). The number of imide groups is 1. The largest absolute Gasteiger partial charge is 0.390 e. The van der Waals surface area contributed by atoms with Crippen molar-refractivity contribution >= 4 is 46.7 Å². The summed E-state index contributed by atoms with van der Waals surface area (Å²) in [7, 11) is 0. The van der Waals surface area contributed by atoms with Crippen molar-refractivity contribution in [1.82, 2.24) is 30.0 Å². The molecule has 2 fully saturated rings. The monoisotopic (exact) mass is 736 g/mol. The number of hydrogen-bond acceptors (Lipinski definition) is 12. The van der Waals surface area contributed by atoms with Gasteiger partial charge >= 0.3 is 0 Å². The maximum atomic E-state index is 13.3. The third-order valence-corrected chi connectivity index (χ3v) is 10.5. The predicted octanol–water partition coefficient (Wildman–Crippen LogP) is 1.82. The van der Waals surface area contributed by atoms with Crippen LogP contribution in [0.15, 0.2) is 54.9 Å². The average Bonchev–Trinajstić information content (AvgIpc) is 3.40. The number of aliphatic hydroxyl groups is 1. The minimum absolute atomic E-state index is 0.0239. The van der Waals surface area contributed by atoms with E-state index in [9.17, 15) is 33.9 Å².